The summed E-state index contributed by atoms with van der Waals surface area (Å²) in [5, 5.41) is 5.62. The first-order chi connectivity index (χ1) is 13.9. The summed E-state index contributed by atoms with van der Waals surface area (Å²) in [4.78, 5) is 36.8. The first-order valence-electron chi connectivity index (χ1n) is 8.78. The summed E-state index contributed by atoms with van der Waals surface area (Å²) in [7, 11) is 1.74. The summed E-state index contributed by atoms with van der Waals surface area (Å²) in [6.45, 7) is 3.41. The van der Waals surface area contributed by atoms with Gasteiger partial charge < -0.3 is 9.88 Å². The van der Waals surface area contributed by atoms with E-state index in [1.807, 2.05) is 0 Å². The molecule has 0 unspecified atom stereocenters. The second-order valence-electron chi connectivity index (χ2n) is 6.62. The number of nitrogens with one attached hydrogen (secondary N) is 2. The number of aryl methyl sites for hydroxylation is 1. The zero-order chi connectivity index (χ0) is 20.7. The fraction of sp³-hybridized carbons (Fsp3) is 0.0455. The van der Waals surface area contributed by atoms with Crippen molar-refractivity contribution in [2.24, 2.45) is 7.05 Å². The van der Waals surface area contributed by atoms with Crippen LogP contribution in [0.15, 0.2) is 61.3 Å². The molecule has 0 saturated heterocycles. The normalized spacial score (nSPS) is 13.7. The summed E-state index contributed by atoms with van der Waals surface area (Å²) in [5.41, 5.74) is 2.48. The molecule has 0 radical (unpaired) electrons. The largest absolute Gasteiger partial charge is 0.350 e. The van der Waals surface area contributed by atoms with E-state index in [2.05, 4.69) is 17.2 Å². The highest BCUT2D eigenvalue weighted by Gasteiger charge is 2.33. The summed E-state index contributed by atoms with van der Waals surface area (Å²) in [6.07, 6.45) is 2.83. The summed E-state index contributed by atoms with van der Waals surface area (Å²) in [6, 6.07) is 10.9. The van der Waals surface area contributed by atoms with Gasteiger partial charge in [-0.3, -0.25) is 19.7 Å². The topological polar surface area (TPSA) is 80.2 Å². The molecule has 1 aliphatic heterocycles. The minimum atomic E-state index is -0.531. The second-order valence-corrected chi connectivity index (χ2v) is 6.62. The number of amides is 3. The zero-order valence-electron chi connectivity index (χ0n) is 15.5. The number of aromatic nitrogens is 1. The van der Waals surface area contributed by atoms with Crippen LogP contribution in [0.4, 0.5) is 10.1 Å². The summed E-state index contributed by atoms with van der Waals surface area (Å²) < 4.78 is 15.4. The number of halogens is 1. The molecule has 0 atom stereocenters. The van der Waals surface area contributed by atoms with E-state index in [1.165, 1.54) is 12.1 Å². The van der Waals surface area contributed by atoms with E-state index in [1.54, 1.807) is 48.1 Å². The molecule has 7 heteroatoms. The average molecular weight is 389 g/mol. The number of fused-ring (bicyclic) bond motifs is 1. The Morgan fingerprint density at radius 1 is 1.14 bits per heavy atom. The standard InChI is InChI=1S/C22H16FN3O3/c1-3-18(27)24-14-6-4-5-12(9-14)19-20(22(29)25-21(19)28)16-11-26(2)17-10-13(23)7-8-15(16)17/h3-11H,1H2,2H3,(H,24,27)(H,25,28,29). The quantitative estimate of drug-likeness (QED) is 0.532. The van der Waals surface area contributed by atoms with Gasteiger partial charge in [0.25, 0.3) is 11.8 Å². The molecule has 4 rings (SSSR count). The van der Waals surface area contributed by atoms with Gasteiger partial charge in [0.2, 0.25) is 5.91 Å². The SMILES string of the molecule is C=CC(=O)Nc1cccc(C2=C(c3cn(C)c4cc(F)ccc34)C(=O)NC2=O)c1. The Balaban J connectivity index is 1.93. The molecule has 0 saturated carbocycles. The third-order valence-corrected chi connectivity index (χ3v) is 4.76. The third-order valence-electron chi connectivity index (χ3n) is 4.76. The number of carbonyl (C=O) groups excluding carboxylic acids is 3. The molecule has 0 aliphatic carbocycles. The van der Waals surface area contributed by atoms with Crippen LogP contribution in [0.5, 0.6) is 0 Å². The Bertz CT molecular complexity index is 1250. The van der Waals surface area contributed by atoms with E-state index >= 15 is 0 Å². The highest BCUT2D eigenvalue weighted by atomic mass is 19.1. The summed E-state index contributed by atoms with van der Waals surface area (Å²) >= 11 is 0. The van der Waals surface area contributed by atoms with Crippen molar-refractivity contribution in [3.63, 3.8) is 0 Å². The van der Waals surface area contributed by atoms with Crippen LogP contribution >= 0.6 is 0 Å². The van der Waals surface area contributed by atoms with Gasteiger partial charge in [0.05, 0.1) is 16.7 Å². The van der Waals surface area contributed by atoms with Gasteiger partial charge in [0.15, 0.2) is 0 Å². The number of hydrogen-bond acceptors (Lipinski definition) is 3. The molecule has 3 amide bonds. The fourth-order valence-corrected chi connectivity index (χ4v) is 3.49. The van der Waals surface area contributed by atoms with Crippen LogP contribution in [0.3, 0.4) is 0 Å². The highest BCUT2D eigenvalue weighted by molar-refractivity contribution is 6.50. The first kappa shape index (κ1) is 18.4. The fourth-order valence-electron chi connectivity index (χ4n) is 3.49. The Morgan fingerprint density at radius 3 is 2.66 bits per heavy atom. The highest BCUT2D eigenvalue weighted by Crippen LogP contribution is 2.36. The Morgan fingerprint density at radius 2 is 1.90 bits per heavy atom. The average Bonchev–Trinajstić information content (AvgIpc) is 3.17. The zero-order valence-corrected chi connectivity index (χ0v) is 15.5. The van der Waals surface area contributed by atoms with E-state index in [-0.39, 0.29) is 17.1 Å². The molecule has 2 aromatic carbocycles. The van der Waals surface area contributed by atoms with Crippen molar-refractivity contribution in [1.82, 2.24) is 9.88 Å². The molecule has 2 N–H and O–H groups in total. The number of nitrogens with zero attached hydrogens (tertiary/aromatic N) is 1. The van der Waals surface area contributed by atoms with Crippen LogP contribution in [0.2, 0.25) is 0 Å². The Labute approximate surface area is 165 Å². The van der Waals surface area contributed by atoms with Gasteiger partial charge in [-0.1, -0.05) is 18.7 Å². The minimum Gasteiger partial charge on any atom is -0.350 e. The van der Waals surface area contributed by atoms with E-state index in [4.69, 9.17) is 0 Å². The predicted octanol–water partition coefficient (Wildman–Crippen LogP) is 3.01. The molecular weight excluding hydrogens is 373 g/mol. The second kappa shape index (κ2) is 6.87. The van der Waals surface area contributed by atoms with E-state index in [0.717, 1.165) is 6.08 Å². The van der Waals surface area contributed by atoms with Gasteiger partial charge in [0.1, 0.15) is 5.82 Å². The maximum absolute atomic E-state index is 13.7. The maximum atomic E-state index is 13.7. The molecule has 0 fully saturated rings. The molecule has 6 nitrogen and oxygen atoms in total. The number of benzene rings is 2. The van der Waals surface area contributed by atoms with Crippen molar-refractivity contribution in [3.8, 4) is 0 Å². The first-order valence-corrected chi connectivity index (χ1v) is 8.78. The lowest BCUT2D eigenvalue weighted by atomic mass is 9.95. The molecule has 29 heavy (non-hydrogen) atoms. The van der Waals surface area contributed by atoms with E-state index in [9.17, 15) is 18.8 Å². The number of imide groups is 1. The van der Waals surface area contributed by atoms with Gasteiger partial charge >= 0.3 is 0 Å². The van der Waals surface area contributed by atoms with Gasteiger partial charge in [-0.25, -0.2) is 4.39 Å². The number of anilines is 1. The molecule has 0 bridgehead atoms. The molecule has 3 aromatic rings. The number of hydrogen-bond donors (Lipinski definition) is 2. The van der Waals surface area contributed by atoms with Crippen molar-refractivity contribution in [2.45, 2.75) is 0 Å². The smallest absolute Gasteiger partial charge is 0.259 e. The van der Waals surface area contributed by atoms with Crippen molar-refractivity contribution < 1.29 is 18.8 Å². The van der Waals surface area contributed by atoms with E-state index < -0.39 is 17.6 Å². The minimum absolute atomic E-state index is 0.196. The third kappa shape index (κ3) is 3.12. The molecule has 1 aromatic heterocycles. The van der Waals surface area contributed by atoms with Crippen LogP contribution in [0.1, 0.15) is 11.1 Å². The molecule has 144 valence electrons. The van der Waals surface area contributed by atoms with E-state index in [0.29, 0.717) is 27.7 Å². The lowest BCUT2D eigenvalue weighted by Crippen LogP contribution is -2.22. The predicted molar refractivity (Wildman–Crippen MR) is 108 cm³/mol. The molecule has 0 spiro atoms. The van der Waals surface area contributed by atoms with Crippen molar-refractivity contribution in [1.29, 1.82) is 0 Å². The van der Waals surface area contributed by atoms with Crippen LogP contribution in [0.25, 0.3) is 22.0 Å². The van der Waals surface area contributed by atoms with Gasteiger partial charge in [-0.15, -0.1) is 0 Å². The summed E-state index contributed by atoms with van der Waals surface area (Å²) in [5.74, 6) is -1.84. The maximum Gasteiger partial charge on any atom is 0.259 e. The van der Waals surface area contributed by atoms with Crippen molar-refractivity contribution in [2.75, 3.05) is 5.32 Å². The van der Waals surface area contributed by atoms with Crippen molar-refractivity contribution in [3.05, 3.63) is 78.3 Å². The lowest BCUT2D eigenvalue weighted by molar-refractivity contribution is -0.122. The number of carbonyl (C=O) groups is 3. The van der Waals surface area contributed by atoms with Crippen LogP contribution in [-0.4, -0.2) is 22.3 Å². The monoisotopic (exact) mass is 389 g/mol. The van der Waals surface area contributed by atoms with Gasteiger partial charge in [0, 0.05) is 29.9 Å². The molecule has 2 heterocycles. The van der Waals surface area contributed by atoms with Crippen LogP contribution in [0, 0.1) is 5.82 Å². The van der Waals surface area contributed by atoms with Crippen LogP contribution in [-0.2, 0) is 21.4 Å². The van der Waals surface area contributed by atoms with Gasteiger partial charge in [-0.2, -0.15) is 0 Å². The molecule has 1 aliphatic rings. The Hall–Kier alpha value is -4.00. The number of rotatable bonds is 4. The molecular formula is C22H16FN3O3. The van der Waals surface area contributed by atoms with Crippen LogP contribution < -0.4 is 10.6 Å². The lowest BCUT2D eigenvalue weighted by Gasteiger charge is -2.07. The van der Waals surface area contributed by atoms with Gasteiger partial charge in [-0.05, 0) is 42.0 Å². The van der Waals surface area contributed by atoms with Crippen molar-refractivity contribution >= 4 is 45.5 Å². The Kier molecular flexibility index (Phi) is 4.35.